The van der Waals surface area contributed by atoms with E-state index < -0.39 is 12.0 Å². The zero-order chi connectivity index (χ0) is 9.80. The molecule has 0 unspecified atom stereocenters. The molecular weight excluding hydrogens is 238 g/mol. The van der Waals surface area contributed by atoms with Crippen molar-refractivity contribution in [2.24, 2.45) is 0 Å². The summed E-state index contributed by atoms with van der Waals surface area (Å²) in [6.45, 7) is 3.75. The molecule has 0 bridgehead atoms. The van der Waals surface area contributed by atoms with Crippen molar-refractivity contribution in [3.8, 4) is 0 Å². The second-order valence-electron chi connectivity index (χ2n) is 3.92. The van der Waals surface area contributed by atoms with Gasteiger partial charge >= 0.3 is 5.97 Å². The van der Waals surface area contributed by atoms with Crippen molar-refractivity contribution in [3.05, 3.63) is 0 Å². The van der Waals surface area contributed by atoms with E-state index in [1.54, 1.807) is 11.8 Å². The van der Waals surface area contributed by atoms with E-state index in [2.05, 4.69) is 0 Å². The Morgan fingerprint density at radius 3 is 2.25 bits per heavy atom. The average Bonchev–Trinajstić information content (AvgIpc) is 2.18. The van der Waals surface area contributed by atoms with E-state index in [4.69, 9.17) is 5.11 Å². The molecule has 2 aliphatic rings. The fourth-order valence-electron chi connectivity index (χ4n) is 1.98. The van der Waals surface area contributed by atoms with Gasteiger partial charge in [0.1, 0.15) is 6.04 Å². The lowest BCUT2D eigenvalue weighted by atomic mass is 9.98. The van der Waals surface area contributed by atoms with Gasteiger partial charge in [0.25, 0.3) is 0 Å². The van der Waals surface area contributed by atoms with Gasteiger partial charge in [0, 0.05) is 4.75 Å². The summed E-state index contributed by atoms with van der Waals surface area (Å²) in [6, 6.07) is -0.649. The molecule has 0 radical (unpaired) electrons. The summed E-state index contributed by atoms with van der Waals surface area (Å²) in [5, 5.41) is 9.08. The molecule has 2 rings (SSSR count). The van der Waals surface area contributed by atoms with Crippen LogP contribution in [0.4, 0.5) is 0 Å². The van der Waals surface area contributed by atoms with E-state index in [0.29, 0.717) is 6.42 Å². The Balaban J connectivity index is 0. The van der Waals surface area contributed by atoms with E-state index in [-0.39, 0.29) is 32.5 Å². The van der Waals surface area contributed by atoms with E-state index in [1.807, 2.05) is 13.8 Å². The molecule has 2 saturated heterocycles. The van der Waals surface area contributed by atoms with Gasteiger partial charge in [-0.3, -0.25) is 4.79 Å². The van der Waals surface area contributed by atoms with E-state index >= 15 is 0 Å². The van der Waals surface area contributed by atoms with Crippen molar-refractivity contribution in [1.82, 2.24) is 4.90 Å². The third-order valence-corrected chi connectivity index (χ3v) is 4.05. The summed E-state index contributed by atoms with van der Waals surface area (Å²) in [6.07, 6.45) is 0.498. The van der Waals surface area contributed by atoms with Gasteiger partial charge in [0.05, 0.1) is 11.8 Å². The number of carbonyl (C=O) groups is 2. The summed E-state index contributed by atoms with van der Waals surface area (Å²) >= 11 is 1.58. The Morgan fingerprint density at radius 2 is 1.94 bits per heavy atom. The molecule has 0 aromatic carbocycles. The summed E-state index contributed by atoms with van der Waals surface area (Å²) < 4.78 is -0.358. The normalized spacial score (nSPS) is 28.9. The van der Waals surface area contributed by atoms with Crippen molar-refractivity contribution in [1.29, 1.82) is 0 Å². The van der Waals surface area contributed by atoms with Crippen LogP contribution in [0.3, 0.4) is 0 Å². The number of carboxylic acids is 1. The Morgan fingerprint density at radius 1 is 1.44 bits per heavy atom. The average molecular weight is 255 g/mol. The van der Waals surface area contributed by atoms with Crippen LogP contribution in [0.1, 0.15) is 20.3 Å². The molecular formula is C8H17NO6S. The molecule has 0 aromatic rings. The highest BCUT2D eigenvalue weighted by molar-refractivity contribution is 8.01. The molecule has 2 fully saturated rings. The number of nitrogens with zero attached hydrogens (tertiary/aromatic N) is 1. The lowest BCUT2D eigenvalue weighted by molar-refractivity contribution is -0.157. The number of rotatable bonds is 1. The molecule has 8 heteroatoms. The number of aliphatic carboxylic acids is 1. The summed E-state index contributed by atoms with van der Waals surface area (Å²) in [5.41, 5.74) is 0. The minimum atomic E-state index is -0.895. The highest BCUT2D eigenvalue weighted by atomic mass is 32.2. The second-order valence-corrected chi connectivity index (χ2v) is 5.75. The quantitative estimate of drug-likeness (QED) is 0.541. The van der Waals surface area contributed by atoms with Gasteiger partial charge in [0.2, 0.25) is 5.91 Å². The Labute approximate surface area is 96.7 Å². The number of β-lactam (4-membered cyclic amide) rings is 1. The van der Waals surface area contributed by atoms with Crippen LogP contribution < -0.4 is 0 Å². The molecule has 2 heterocycles. The van der Waals surface area contributed by atoms with Gasteiger partial charge in [-0.2, -0.15) is 0 Å². The zero-order valence-electron chi connectivity index (χ0n) is 8.98. The maximum atomic E-state index is 11.2. The third kappa shape index (κ3) is 2.14. The highest BCUT2D eigenvalue weighted by Gasteiger charge is 2.58. The predicted molar refractivity (Wildman–Crippen MR) is 59.2 cm³/mol. The van der Waals surface area contributed by atoms with Crippen molar-refractivity contribution in [2.75, 3.05) is 0 Å². The number of carbonyl (C=O) groups excluding carboxylic acids is 1. The van der Waals surface area contributed by atoms with Crippen LogP contribution in [0.25, 0.3) is 0 Å². The molecule has 0 spiro atoms. The van der Waals surface area contributed by atoms with Crippen LogP contribution in [0.15, 0.2) is 0 Å². The highest BCUT2D eigenvalue weighted by Crippen LogP contribution is 2.50. The molecule has 2 aliphatic heterocycles. The zero-order valence-corrected chi connectivity index (χ0v) is 9.80. The van der Waals surface area contributed by atoms with Gasteiger partial charge in [0.15, 0.2) is 0 Å². The lowest BCUT2D eigenvalue weighted by Crippen LogP contribution is -2.56. The molecule has 0 aliphatic carbocycles. The van der Waals surface area contributed by atoms with E-state index in [1.165, 1.54) is 4.90 Å². The maximum absolute atomic E-state index is 11.2. The van der Waals surface area contributed by atoms with E-state index in [9.17, 15) is 9.59 Å². The summed E-state index contributed by atoms with van der Waals surface area (Å²) in [5.74, 6) is -0.927. The minimum Gasteiger partial charge on any atom is -0.480 e. The number of fused-ring (bicyclic) bond motifs is 1. The first-order chi connectivity index (χ1) is 5.93. The maximum Gasteiger partial charge on any atom is 0.327 e. The minimum absolute atomic E-state index is 0. The number of amides is 1. The van der Waals surface area contributed by atoms with Gasteiger partial charge in [-0.05, 0) is 13.8 Å². The topological polar surface area (TPSA) is 152 Å². The fraction of sp³-hybridized carbons (Fsp3) is 0.750. The monoisotopic (exact) mass is 255 g/mol. The number of hydrogen-bond donors (Lipinski definition) is 1. The van der Waals surface area contributed by atoms with Crippen LogP contribution in [-0.4, -0.2) is 54.5 Å². The van der Waals surface area contributed by atoms with Crippen LogP contribution in [0.2, 0.25) is 0 Å². The SMILES string of the molecule is CC1(C)S[C@@H]2CC(=O)N2[C@H]1C(=O)O.O.O.O. The number of thioether (sulfide) groups is 1. The third-order valence-electron chi connectivity index (χ3n) is 2.56. The first kappa shape index (κ1) is 17.6. The molecule has 0 aromatic heterocycles. The van der Waals surface area contributed by atoms with Crippen LogP contribution in [0, 0.1) is 0 Å². The Hall–Kier alpha value is -0.830. The van der Waals surface area contributed by atoms with Crippen LogP contribution in [-0.2, 0) is 9.59 Å². The molecule has 1 amide bonds. The largest absolute Gasteiger partial charge is 0.480 e. The molecule has 96 valence electrons. The van der Waals surface area contributed by atoms with Crippen molar-refractivity contribution < 1.29 is 31.1 Å². The van der Waals surface area contributed by atoms with Gasteiger partial charge < -0.3 is 26.4 Å². The van der Waals surface area contributed by atoms with E-state index in [0.717, 1.165) is 0 Å². The first-order valence-corrected chi connectivity index (χ1v) is 5.03. The second kappa shape index (κ2) is 5.00. The van der Waals surface area contributed by atoms with Gasteiger partial charge in [-0.15, -0.1) is 11.8 Å². The van der Waals surface area contributed by atoms with Crippen molar-refractivity contribution >= 4 is 23.6 Å². The standard InChI is InChI=1S/C8H11NO3S.3H2O/c1-8(2)6(7(11)12)9-4(10)3-5(9)13-8;;;/h5-6H,3H2,1-2H3,(H,11,12);3*1H2/t5-,6+;;;/m1.../s1. The lowest BCUT2D eigenvalue weighted by Gasteiger charge is -2.36. The summed E-state index contributed by atoms with van der Waals surface area (Å²) in [7, 11) is 0. The van der Waals surface area contributed by atoms with Crippen LogP contribution >= 0.6 is 11.8 Å². The molecule has 7 nitrogen and oxygen atoms in total. The Kier molecular flexibility index (Phi) is 5.49. The Bertz CT molecular complexity index is 294. The van der Waals surface area contributed by atoms with Crippen LogP contribution in [0.5, 0.6) is 0 Å². The van der Waals surface area contributed by atoms with Gasteiger partial charge in [-0.1, -0.05) is 0 Å². The molecule has 2 atom stereocenters. The number of hydrogen-bond acceptors (Lipinski definition) is 3. The fourth-order valence-corrected chi connectivity index (χ4v) is 3.60. The number of carboxylic acid groups (broad SMARTS) is 1. The first-order valence-electron chi connectivity index (χ1n) is 4.15. The smallest absolute Gasteiger partial charge is 0.327 e. The van der Waals surface area contributed by atoms with Crippen molar-refractivity contribution in [3.63, 3.8) is 0 Å². The molecule has 16 heavy (non-hydrogen) atoms. The van der Waals surface area contributed by atoms with Gasteiger partial charge in [-0.25, -0.2) is 4.79 Å². The predicted octanol–water partition coefficient (Wildman–Crippen LogP) is -1.95. The van der Waals surface area contributed by atoms with Crippen molar-refractivity contribution in [2.45, 2.75) is 36.4 Å². The molecule has 0 saturated carbocycles. The molecule has 7 N–H and O–H groups in total. The summed E-state index contributed by atoms with van der Waals surface area (Å²) in [4.78, 5) is 23.6.